The van der Waals surface area contributed by atoms with E-state index in [1.807, 2.05) is 29.3 Å². The van der Waals surface area contributed by atoms with Gasteiger partial charge in [-0.2, -0.15) is 0 Å². The lowest BCUT2D eigenvalue weighted by Crippen LogP contribution is -2.46. The second kappa shape index (κ2) is 7.38. The van der Waals surface area contributed by atoms with Crippen molar-refractivity contribution in [2.24, 2.45) is 0 Å². The molecule has 1 aromatic heterocycles. The third-order valence-corrected chi connectivity index (χ3v) is 3.74. The molecule has 0 atom stereocenters. The molecule has 4 nitrogen and oxygen atoms in total. The minimum absolute atomic E-state index is 0. The number of piperazine rings is 1. The molecule has 0 spiro atoms. The Balaban J connectivity index is 0.00000176. The molecule has 1 aliphatic heterocycles. The van der Waals surface area contributed by atoms with Crippen LogP contribution in [0.15, 0.2) is 42.7 Å². The molecule has 0 saturated carbocycles. The van der Waals surface area contributed by atoms with Crippen molar-refractivity contribution in [3.8, 4) is 11.1 Å². The quantitative estimate of drug-likeness (QED) is 0.925. The van der Waals surface area contributed by atoms with Crippen LogP contribution in [0, 0.1) is 6.92 Å². The summed E-state index contributed by atoms with van der Waals surface area (Å²) in [5.74, 6) is 0.0681. The molecule has 1 aliphatic rings. The van der Waals surface area contributed by atoms with Gasteiger partial charge in [-0.3, -0.25) is 9.78 Å². The molecule has 0 radical (unpaired) electrons. The lowest BCUT2D eigenvalue weighted by molar-refractivity contribution is 0.0735. The summed E-state index contributed by atoms with van der Waals surface area (Å²) in [5.41, 5.74) is 3.94. The Morgan fingerprint density at radius 1 is 1.14 bits per heavy atom. The van der Waals surface area contributed by atoms with Gasteiger partial charge in [0.15, 0.2) is 0 Å². The van der Waals surface area contributed by atoms with Crippen molar-refractivity contribution in [1.82, 2.24) is 15.2 Å². The number of carbonyl (C=O) groups excluding carboxylic acids is 1. The highest BCUT2D eigenvalue weighted by Crippen LogP contribution is 2.21. The zero-order chi connectivity index (χ0) is 14.7. The van der Waals surface area contributed by atoms with Crippen LogP contribution >= 0.6 is 12.4 Å². The number of aromatic nitrogens is 1. The van der Waals surface area contributed by atoms with Crippen LogP contribution in [0.5, 0.6) is 0 Å². The Bertz CT molecular complexity index is 654. The summed E-state index contributed by atoms with van der Waals surface area (Å²) < 4.78 is 0. The van der Waals surface area contributed by atoms with E-state index in [1.165, 1.54) is 5.56 Å². The first kappa shape index (κ1) is 16.5. The first-order chi connectivity index (χ1) is 10.2. The van der Waals surface area contributed by atoms with E-state index in [2.05, 4.69) is 29.4 Å². The average molecular weight is 318 g/mol. The predicted molar refractivity (Wildman–Crippen MR) is 90.4 cm³/mol. The summed E-state index contributed by atoms with van der Waals surface area (Å²) in [5, 5.41) is 3.25. The van der Waals surface area contributed by atoms with Gasteiger partial charge in [0, 0.05) is 44.1 Å². The van der Waals surface area contributed by atoms with Gasteiger partial charge in [0.1, 0.15) is 0 Å². The van der Waals surface area contributed by atoms with Crippen molar-refractivity contribution in [2.45, 2.75) is 6.92 Å². The Morgan fingerprint density at radius 2 is 1.91 bits per heavy atom. The summed E-state index contributed by atoms with van der Waals surface area (Å²) in [6, 6.07) is 10.2. The first-order valence-electron chi connectivity index (χ1n) is 7.26. The maximum absolute atomic E-state index is 12.5. The molecular weight excluding hydrogens is 298 g/mol. The molecule has 0 aliphatic carbocycles. The monoisotopic (exact) mass is 317 g/mol. The van der Waals surface area contributed by atoms with Gasteiger partial charge in [0.05, 0.1) is 5.56 Å². The van der Waals surface area contributed by atoms with Crippen LogP contribution in [0.3, 0.4) is 0 Å². The Kier molecular flexibility index (Phi) is 5.52. The molecule has 1 aromatic carbocycles. The topological polar surface area (TPSA) is 45.2 Å². The van der Waals surface area contributed by atoms with E-state index in [0.29, 0.717) is 5.56 Å². The number of halogens is 1. The van der Waals surface area contributed by atoms with Gasteiger partial charge in [-0.15, -0.1) is 12.4 Å². The van der Waals surface area contributed by atoms with Crippen molar-refractivity contribution >= 4 is 18.3 Å². The van der Waals surface area contributed by atoms with Gasteiger partial charge in [-0.1, -0.05) is 29.8 Å². The first-order valence-corrected chi connectivity index (χ1v) is 7.26. The number of nitrogens with zero attached hydrogens (tertiary/aromatic N) is 2. The van der Waals surface area contributed by atoms with Gasteiger partial charge < -0.3 is 10.2 Å². The van der Waals surface area contributed by atoms with Crippen LogP contribution in [-0.2, 0) is 0 Å². The number of hydrogen-bond acceptors (Lipinski definition) is 3. The van der Waals surface area contributed by atoms with E-state index in [0.717, 1.165) is 37.3 Å². The molecule has 2 heterocycles. The number of nitrogens with one attached hydrogen (secondary N) is 1. The molecular formula is C17H20ClN3O. The summed E-state index contributed by atoms with van der Waals surface area (Å²) in [6.07, 6.45) is 3.47. The molecule has 1 saturated heterocycles. The Hall–Kier alpha value is -1.91. The highest BCUT2D eigenvalue weighted by atomic mass is 35.5. The summed E-state index contributed by atoms with van der Waals surface area (Å²) in [6.45, 7) is 5.29. The fourth-order valence-corrected chi connectivity index (χ4v) is 2.59. The summed E-state index contributed by atoms with van der Waals surface area (Å²) >= 11 is 0. The Labute approximate surface area is 137 Å². The zero-order valence-electron chi connectivity index (χ0n) is 12.6. The fraction of sp³-hybridized carbons (Fsp3) is 0.294. The van der Waals surface area contributed by atoms with Crippen LogP contribution in [0.25, 0.3) is 11.1 Å². The second-order valence-electron chi connectivity index (χ2n) is 5.37. The van der Waals surface area contributed by atoms with Gasteiger partial charge >= 0.3 is 0 Å². The molecule has 3 rings (SSSR count). The van der Waals surface area contributed by atoms with Crippen LogP contribution in [0.4, 0.5) is 0 Å². The van der Waals surface area contributed by atoms with Gasteiger partial charge in [0.2, 0.25) is 0 Å². The van der Waals surface area contributed by atoms with Crippen molar-refractivity contribution in [2.75, 3.05) is 26.2 Å². The van der Waals surface area contributed by atoms with Crippen LogP contribution < -0.4 is 5.32 Å². The van der Waals surface area contributed by atoms with Crippen molar-refractivity contribution < 1.29 is 4.79 Å². The minimum atomic E-state index is 0. The van der Waals surface area contributed by atoms with E-state index in [9.17, 15) is 4.79 Å². The van der Waals surface area contributed by atoms with E-state index in [-0.39, 0.29) is 18.3 Å². The van der Waals surface area contributed by atoms with Crippen LogP contribution in [-0.4, -0.2) is 42.0 Å². The van der Waals surface area contributed by atoms with Gasteiger partial charge in [0.25, 0.3) is 5.91 Å². The third kappa shape index (κ3) is 3.64. The molecule has 22 heavy (non-hydrogen) atoms. The molecule has 2 aromatic rings. The normalized spacial score (nSPS) is 14.3. The molecule has 1 N–H and O–H groups in total. The number of pyridine rings is 1. The number of rotatable bonds is 2. The van der Waals surface area contributed by atoms with Crippen LogP contribution in [0.2, 0.25) is 0 Å². The van der Waals surface area contributed by atoms with E-state index < -0.39 is 0 Å². The van der Waals surface area contributed by atoms with E-state index in [1.54, 1.807) is 6.20 Å². The SMILES string of the molecule is Cc1cccc(-c2cncc(C(=O)N3CCNCC3)c2)c1.Cl. The number of amides is 1. The summed E-state index contributed by atoms with van der Waals surface area (Å²) in [4.78, 5) is 18.6. The lowest BCUT2D eigenvalue weighted by Gasteiger charge is -2.27. The molecule has 1 fully saturated rings. The highest BCUT2D eigenvalue weighted by Gasteiger charge is 2.18. The number of hydrogen-bond donors (Lipinski definition) is 1. The summed E-state index contributed by atoms with van der Waals surface area (Å²) in [7, 11) is 0. The number of aryl methyl sites for hydroxylation is 1. The zero-order valence-corrected chi connectivity index (χ0v) is 13.4. The van der Waals surface area contributed by atoms with Crippen LogP contribution in [0.1, 0.15) is 15.9 Å². The molecule has 116 valence electrons. The molecule has 1 amide bonds. The molecule has 0 unspecified atom stereocenters. The van der Waals surface area contributed by atoms with Crippen molar-refractivity contribution in [3.63, 3.8) is 0 Å². The standard InChI is InChI=1S/C17H19N3O.ClH/c1-13-3-2-4-14(9-13)15-10-16(12-19-11-15)17(21)20-7-5-18-6-8-20;/h2-4,9-12,18H,5-8H2,1H3;1H. The third-order valence-electron chi connectivity index (χ3n) is 3.74. The maximum Gasteiger partial charge on any atom is 0.255 e. The highest BCUT2D eigenvalue weighted by molar-refractivity contribution is 5.95. The van der Waals surface area contributed by atoms with Gasteiger partial charge in [-0.05, 0) is 18.6 Å². The second-order valence-corrected chi connectivity index (χ2v) is 5.37. The minimum Gasteiger partial charge on any atom is -0.336 e. The fourth-order valence-electron chi connectivity index (χ4n) is 2.59. The molecule has 5 heteroatoms. The number of benzene rings is 1. The molecule has 0 bridgehead atoms. The van der Waals surface area contributed by atoms with Gasteiger partial charge in [-0.25, -0.2) is 0 Å². The van der Waals surface area contributed by atoms with Crippen molar-refractivity contribution in [3.05, 3.63) is 53.9 Å². The van der Waals surface area contributed by atoms with Crippen molar-refractivity contribution in [1.29, 1.82) is 0 Å². The Morgan fingerprint density at radius 3 is 2.64 bits per heavy atom. The van der Waals surface area contributed by atoms with E-state index in [4.69, 9.17) is 0 Å². The smallest absolute Gasteiger partial charge is 0.255 e. The largest absolute Gasteiger partial charge is 0.336 e. The number of carbonyl (C=O) groups is 1. The van der Waals surface area contributed by atoms with E-state index >= 15 is 0 Å². The maximum atomic E-state index is 12.5. The predicted octanol–water partition coefficient (Wildman–Crippen LogP) is 2.52. The average Bonchev–Trinajstić information content (AvgIpc) is 2.55. The lowest BCUT2D eigenvalue weighted by atomic mass is 10.0.